The SMILES string of the molecule is COc1cccc(-n2c(S)c(N=N)n(-c3ccc(Cl)cc3)c2=O)c1. The second-order valence-corrected chi connectivity index (χ2v) is 5.75. The summed E-state index contributed by atoms with van der Waals surface area (Å²) in [5.74, 6) is 0.740. The molecule has 0 aliphatic carbocycles. The highest BCUT2D eigenvalue weighted by Crippen LogP contribution is 2.29. The predicted octanol–water partition coefficient (Wildman–Crippen LogP) is 4.24. The molecule has 0 bridgehead atoms. The molecule has 0 atom stereocenters. The van der Waals surface area contributed by atoms with Crippen LogP contribution in [0.5, 0.6) is 5.75 Å². The Morgan fingerprint density at radius 2 is 1.83 bits per heavy atom. The summed E-state index contributed by atoms with van der Waals surface area (Å²) < 4.78 is 7.87. The standard InChI is InChI=1S/C16H13ClN4O2S/c1-23-13-4-2-3-12(9-13)21-15(24)14(19-18)20(16(21)22)11-7-5-10(17)6-8-11/h2-9,18,24H,1H3. The van der Waals surface area contributed by atoms with Gasteiger partial charge >= 0.3 is 5.69 Å². The number of imidazole rings is 1. The maximum absolute atomic E-state index is 12.9. The lowest BCUT2D eigenvalue weighted by Crippen LogP contribution is -2.22. The van der Waals surface area contributed by atoms with Crippen molar-refractivity contribution in [2.45, 2.75) is 5.03 Å². The van der Waals surface area contributed by atoms with Gasteiger partial charge in [-0.25, -0.2) is 14.9 Å². The maximum Gasteiger partial charge on any atom is 0.340 e. The molecule has 0 radical (unpaired) electrons. The molecule has 0 unspecified atom stereocenters. The van der Waals surface area contributed by atoms with Gasteiger partial charge in [0, 0.05) is 11.1 Å². The zero-order valence-corrected chi connectivity index (χ0v) is 14.3. The lowest BCUT2D eigenvalue weighted by atomic mass is 10.3. The molecule has 3 aromatic rings. The molecule has 1 aromatic heterocycles. The molecule has 0 aliphatic heterocycles. The van der Waals surface area contributed by atoms with Gasteiger partial charge in [-0.15, -0.1) is 17.7 Å². The van der Waals surface area contributed by atoms with E-state index in [4.69, 9.17) is 21.9 Å². The zero-order chi connectivity index (χ0) is 17.3. The van der Waals surface area contributed by atoms with Crippen LogP contribution in [0.25, 0.3) is 11.4 Å². The molecule has 2 aromatic carbocycles. The highest BCUT2D eigenvalue weighted by Gasteiger charge is 2.20. The van der Waals surface area contributed by atoms with Gasteiger partial charge in [0.1, 0.15) is 10.8 Å². The van der Waals surface area contributed by atoms with E-state index in [1.165, 1.54) is 9.13 Å². The van der Waals surface area contributed by atoms with Crippen molar-refractivity contribution in [3.05, 3.63) is 64.0 Å². The number of halogens is 1. The number of rotatable bonds is 4. The Morgan fingerprint density at radius 1 is 1.12 bits per heavy atom. The van der Waals surface area contributed by atoms with E-state index < -0.39 is 0 Å². The number of hydrogen-bond acceptors (Lipinski definition) is 5. The van der Waals surface area contributed by atoms with E-state index in [2.05, 4.69) is 17.7 Å². The molecule has 3 rings (SSSR count). The van der Waals surface area contributed by atoms with Gasteiger partial charge in [0.05, 0.1) is 18.5 Å². The second kappa shape index (κ2) is 6.54. The van der Waals surface area contributed by atoms with Crippen molar-refractivity contribution in [3.63, 3.8) is 0 Å². The fourth-order valence-corrected chi connectivity index (χ4v) is 2.86. The van der Waals surface area contributed by atoms with Crippen LogP contribution in [0.2, 0.25) is 5.02 Å². The third-order valence-corrected chi connectivity index (χ3v) is 4.16. The first-order valence-electron chi connectivity index (χ1n) is 6.91. The monoisotopic (exact) mass is 360 g/mol. The van der Waals surface area contributed by atoms with Crippen molar-refractivity contribution in [2.24, 2.45) is 5.11 Å². The fourth-order valence-electron chi connectivity index (χ4n) is 2.39. The van der Waals surface area contributed by atoms with Gasteiger partial charge in [-0.05, 0) is 36.4 Å². The van der Waals surface area contributed by atoms with E-state index in [1.54, 1.807) is 55.6 Å². The van der Waals surface area contributed by atoms with E-state index in [9.17, 15) is 4.79 Å². The maximum atomic E-state index is 12.9. The molecule has 8 heteroatoms. The van der Waals surface area contributed by atoms with Crippen LogP contribution in [0, 0.1) is 5.53 Å². The predicted molar refractivity (Wildman–Crippen MR) is 95.0 cm³/mol. The number of thiol groups is 1. The Bertz CT molecular complexity index is 963. The van der Waals surface area contributed by atoms with Crippen LogP contribution in [0.4, 0.5) is 5.82 Å². The Labute approximate surface area is 148 Å². The quantitative estimate of drug-likeness (QED) is 0.539. The Kier molecular flexibility index (Phi) is 4.46. The first-order valence-corrected chi connectivity index (χ1v) is 7.74. The summed E-state index contributed by atoms with van der Waals surface area (Å²) in [6.45, 7) is 0. The Balaban J connectivity index is 2.28. The average molecular weight is 361 g/mol. The molecule has 0 spiro atoms. The number of nitrogens with one attached hydrogen (secondary N) is 1. The minimum Gasteiger partial charge on any atom is -0.497 e. The minimum atomic E-state index is -0.387. The van der Waals surface area contributed by atoms with Crippen LogP contribution >= 0.6 is 24.2 Å². The van der Waals surface area contributed by atoms with Crippen molar-refractivity contribution in [3.8, 4) is 17.1 Å². The molecule has 1 N–H and O–H groups in total. The smallest absolute Gasteiger partial charge is 0.340 e. The van der Waals surface area contributed by atoms with Gasteiger partial charge in [0.15, 0.2) is 5.82 Å². The first kappa shape index (κ1) is 16.4. The van der Waals surface area contributed by atoms with E-state index in [1.807, 2.05) is 0 Å². The van der Waals surface area contributed by atoms with E-state index in [0.29, 0.717) is 22.1 Å². The lowest BCUT2D eigenvalue weighted by molar-refractivity contribution is 0.414. The third-order valence-electron chi connectivity index (χ3n) is 3.51. The van der Waals surface area contributed by atoms with Crippen LogP contribution in [-0.2, 0) is 0 Å². The number of ether oxygens (including phenoxy) is 1. The van der Waals surface area contributed by atoms with Crippen molar-refractivity contribution in [1.29, 1.82) is 5.53 Å². The molecular weight excluding hydrogens is 348 g/mol. The van der Waals surface area contributed by atoms with Crippen molar-refractivity contribution in [2.75, 3.05) is 7.11 Å². The van der Waals surface area contributed by atoms with E-state index in [-0.39, 0.29) is 16.5 Å². The van der Waals surface area contributed by atoms with Gasteiger partial charge < -0.3 is 4.74 Å². The molecular formula is C16H13ClN4O2S. The molecule has 0 aliphatic rings. The van der Waals surface area contributed by atoms with Crippen LogP contribution < -0.4 is 10.4 Å². The number of nitrogens with zero attached hydrogens (tertiary/aromatic N) is 3. The van der Waals surface area contributed by atoms with E-state index in [0.717, 1.165) is 0 Å². The summed E-state index contributed by atoms with van der Waals surface area (Å²) in [5, 5.41) is 4.28. The molecule has 0 amide bonds. The first-order chi connectivity index (χ1) is 11.6. The molecule has 0 saturated heterocycles. The lowest BCUT2D eigenvalue weighted by Gasteiger charge is -2.05. The van der Waals surface area contributed by atoms with Gasteiger partial charge in [0.2, 0.25) is 0 Å². The van der Waals surface area contributed by atoms with Crippen molar-refractivity contribution in [1.82, 2.24) is 9.13 Å². The highest BCUT2D eigenvalue weighted by molar-refractivity contribution is 7.80. The third kappa shape index (κ3) is 2.72. The Hall–Kier alpha value is -2.51. The summed E-state index contributed by atoms with van der Waals surface area (Å²) in [7, 11) is 1.55. The topological polar surface area (TPSA) is 72.4 Å². The summed E-state index contributed by atoms with van der Waals surface area (Å²) in [6.07, 6.45) is 0. The average Bonchev–Trinajstić information content (AvgIpc) is 2.85. The van der Waals surface area contributed by atoms with Crippen LogP contribution in [0.15, 0.2) is 63.5 Å². The number of benzene rings is 2. The molecule has 24 heavy (non-hydrogen) atoms. The largest absolute Gasteiger partial charge is 0.497 e. The number of methoxy groups -OCH3 is 1. The highest BCUT2D eigenvalue weighted by atomic mass is 35.5. The summed E-state index contributed by atoms with van der Waals surface area (Å²) in [6, 6.07) is 13.7. The van der Waals surface area contributed by atoms with Crippen molar-refractivity contribution < 1.29 is 4.74 Å². The minimum absolute atomic E-state index is 0.133. The number of hydrogen-bond donors (Lipinski definition) is 2. The van der Waals surface area contributed by atoms with Gasteiger partial charge in [-0.2, -0.15) is 0 Å². The van der Waals surface area contributed by atoms with Crippen LogP contribution in [0.3, 0.4) is 0 Å². The molecule has 1 heterocycles. The van der Waals surface area contributed by atoms with Crippen LogP contribution in [-0.4, -0.2) is 16.2 Å². The van der Waals surface area contributed by atoms with Crippen molar-refractivity contribution >= 4 is 30.0 Å². The van der Waals surface area contributed by atoms with Gasteiger partial charge in [-0.1, -0.05) is 17.7 Å². The summed E-state index contributed by atoms with van der Waals surface area (Å²) >= 11 is 10.3. The summed E-state index contributed by atoms with van der Waals surface area (Å²) in [4.78, 5) is 12.9. The normalized spacial score (nSPS) is 10.6. The zero-order valence-electron chi connectivity index (χ0n) is 12.6. The van der Waals surface area contributed by atoms with E-state index >= 15 is 0 Å². The second-order valence-electron chi connectivity index (χ2n) is 4.89. The van der Waals surface area contributed by atoms with Gasteiger partial charge in [0.25, 0.3) is 0 Å². The molecule has 0 saturated carbocycles. The summed E-state index contributed by atoms with van der Waals surface area (Å²) in [5.41, 5.74) is 8.15. The molecule has 6 nitrogen and oxygen atoms in total. The van der Waals surface area contributed by atoms with Crippen LogP contribution in [0.1, 0.15) is 0 Å². The Morgan fingerprint density at radius 3 is 2.46 bits per heavy atom. The molecule has 0 fully saturated rings. The number of aromatic nitrogens is 2. The fraction of sp³-hybridized carbons (Fsp3) is 0.0625. The van der Waals surface area contributed by atoms with Gasteiger partial charge in [-0.3, -0.25) is 4.57 Å². The molecule has 122 valence electrons.